The van der Waals surface area contributed by atoms with Crippen molar-refractivity contribution in [3.05, 3.63) is 36.5 Å². The predicted molar refractivity (Wildman–Crippen MR) is 327 cm³/mol. The predicted octanol–water partition coefficient (Wildman–Crippen LogP) is 20.0. The maximum absolute atomic E-state index is 12.9. The number of hydrogen-bond acceptors (Lipinski definition) is 7. The van der Waals surface area contributed by atoms with Gasteiger partial charge in [0.2, 0.25) is 0 Å². The maximum Gasteiger partial charge on any atom is 0.361 e. The summed E-state index contributed by atoms with van der Waals surface area (Å²) in [4.78, 5) is 37.5. The Kier molecular flexibility index (Phi) is 57.7. The second kappa shape index (κ2) is 59.6. The Labute approximate surface area is 477 Å². The van der Waals surface area contributed by atoms with Crippen LogP contribution in [0.15, 0.2) is 36.5 Å². The Balaban J connectivity index is 4.09. The summed E-state index contributed by atoms with van der Waals surface area (Å²) in [6, 6.07) is 0. The molecule has 0 aromatic carbocycles. The third kappa shape index (κ3) is 61.0. The molecule has 0 heterocycles. The molecule has 452 valence electrons. The normalized spacial score (nSPS) is 12.9. The molecule has 0 saturated heterocycles. The molecule has 0 radical (unpaired) electrons. The first-order chi connectivity index (χ1) is 37.6. The van der Waals surface area contributed by atoms with Crippen molar-refractivity contribution in [2.24, 2.45) is 0 Å². The van der Waals surface area contributed by atoms with Gasteiger partial charge in [-0.2, -0.15) is 0 Å². The first-order valence-electron chi connectivity index (χ1n) is 33.2. The van der Waals surface area contributed by atoms with Crippen LogP contribution in [0.2, 0.25) is 0 Å². The number of aliphatic carboxylic acids is 1. The Morgan fingerprint density at radius 1 is 0.390 bits per heavy atom. The number of allylic oxidation sites excluding steroid dienone is 6. The van der Waals surface area contributed by atoms with Crippen molar-refractivity contribution < 1.29 is 42.9 Å². The highest BCUT2D eigenvalue weighted by molar-refractivity contribution is 5.71. The summed E-state index contributed by atoms with van der Waals surface area (Å²) in [5.74, 6) is -1.99. The summed E-state index contributed by atoms with van der Waals surface area (Å²) in [5, 5.41) is 9.73. The molecule has 0 saturated carbocycles. The van der Waals surface area contributed by atoms with Gasteiger partial charge in [-0.15, -0.1) is 0 Å². The smallest absolute Gasteiger partial charge is 0.361 e. The van der Waals surface area contributed by atoms with E-state index in [0.29, 0.717) is 17.4 Å². The number of likely N-dealkylation sites (N-methyl/N-ethyl adjacent to an activating group) is 1. The van der Waals surface area contributed by atoms with Crippen molar-refractivity contribution in [2.45, 2.75) is 334 Å². The zero-order valence-corrected chi connectivity index (χ0v) is 51.6. The summed E-state index contributed by atoms with van der Waals surface area (Å²) < 4.78 is 23.0. The number of quaternary nitrogens is 1. The molecular formula is C68H128NO8+. The monoisotopic (exact) mass is 1090 g/mol. The average Bonchev–Trinajstić information content (AvgIpc) is 3.40. The third-order valence-electron chi connectivity index (χ3n) is 14.9. The van der Waals surface area contributed by atoms with Gasteiger partial charge in [-0.25, -0.2) is 4.79 Å². The van der Waals surface area contributed by atoms with Gasteiger partial charge in [0.15, 0.2) is 6.10 Å². The second-order valence-corrected chi connectivity index (χ2v) is 23.8. The molecule has 9 nitrogen and oxygen atoms in total. The fourth-order valence-electron chi connectivity index (χ4n) is 9.75. The summed E-state index contributed by atoms with van der Waals surface area (Å²) in [6.07, 6.45) is 71.1. The van der Waals surface area contributed by atoms with Gasteiger partial charge in [0.25, 0.3) is 6.29 Å². The van der Waals surface area contributed by atoms with E-state index in [2.05, 4.69) is 50.3 Å². The highest BCUT2D eigenvalue weighted by Gasteiger charge is 2.25. The minimum absolute atomic E-state index is 0.180. The van der Waals surface area contributed by atoms with E-state index in [4.69, 9.17) is 18.9 Å². The summed E-state index contributed by atoms with van der Waals surface area (Å²) in [7, 11) is 5.98. The van der Waals surface area contributed by atoms with E-state index >= 15 is 0 Å². The summed E-state index contributed by atoms with van der Waals surface area (Å²) >= 11 is 0. The number of carbonyl (C=O) groups is 3. The summed E-state index contributed by atoms with van der Waals surface area (Å²) in [6.45, 7) is 4.91. The largest absolute Gasteiger partial charge is 0.477 e. The lowest BCUT2D eigenvalue weighted by Crippen LogP contribution is -2.40. The molecule has 0 aliphatic heterocycles. The number of ether oxygens (including phenoxy) is 4. The van der Waals surface area contributed by atoms with E-state index in [0.717, 1.165) is 51.4 Å². The number of carboxylic acids is 1. The zero-order chi connectivity index (χ0) is 56.2. The van der Waals surface area contributed by atoms with Crippen LogP contribution in [0.5, 0.6) is 0 Å². The van der Waals surface area contributed by atoms with E-state index in [1.54, 1.807) is 0 Å². The molecule has 0 spiro atoms. The number of hydrogen-bond donors (Lipinski definition) is 1. The second-order valence-electron chi connectivity index (χ2n) is 23.8. The van der Waals surface area contributed by atoms with Crippen molar-refractivity contribution in [2.75, 3.05) is 47.5 Å². The molecule has 0 bridgehead atoms. The van der Waals surface area contributed by atoms with Gasteiger partial charge < -0.3 is 28.5 Å². The number of carboxylic acid groups (broad SMARTS) is 1. The van der Waals surface area contributed by atoms with Crippen molar-refractivity contribution >= 4 is 17.9 Å². The number of esters is 2. The van der Waals surface area contributed by atoms with Crippen molar-refractivity contribution in [1.29, 1.82) is 0 Å². The molecule has 0 rings (SSSR count). The Morgan fingerprint density at radius 3 is 1.04 bits per heavy atom. The van der Waals surface area contributed by atoms with Crippen LogP contribution in [0.1, 0.15) is 322 Å². The molecule has 0 aliphatic rings. The van der Waals surface area contributed by atoms with E-state index < -0.39 is 24.3 Å². The van der Waals surface area contributed by atoms with Crippen molar-refractivity contribution in [1.82, 2.24) is 0 Å². The number of unbranched alkanes of at least 4 members (excludes halogenated alkanes) is 41. The lowest BCUT2D eigenvalue weighted by atomic mass is 10.0. The molecule has 77 heavy (non-hydrogen) atoms. The van der Waals surface area contributed by atoms with Crippen LogP contribution < -0.4 is 0 Å². The first-order valence-corrected chi connectivity index (χ1v) is 33.2. The van der Waals surface area contributed by atoms with Crippen LogP contribution in [-0.4, -0.2) is 87.4 Å². The van der Waals surface area contributed by atoms with Gasteiger partial charge in [0.1, 0.15) is 13.2 Å². The van der Waals surface area contributed by atoms with Crippen LogP contribution in [0.4, 0.5) is 0 Å². The highest BCUT2D eigenvalue weighted by atomic mass is 16.7. The van der Waals surface area contributed by atoms with Crippen LogP contribution in [-0.2, 0) is 33.3 Å². The first kappa shape index (κ1) is 74.5. The van der Waals surface area contributed by atoms with E-state index in [9.17, 15) is 19.5 Å². The van der Waals surface area contributed by atoms with Crippen molar-refractivity contribution in [3.8, 4) is 0 Å². The van der Waals surface area contributed by atoms with Crippen LogP contribution in [0.25, 0.3) is 0 Å². The minimum atomic E-state index is -1.51. The van der Waals surface area contributed by atoms with Gasteiger partial charge in [0.05, 0.1) is 34.4 Å². The van der Waals surface area contributed by atoms with Gasteiger partial charge in [0, 0.05) is 12.8 Å². The van der Waals surface area contributed by atoms with E-state index in [1.807, 2.05) is 21.1 Å². The fourth-order valence-corrected chi connectivity index (χ4v) is 9.75. The topological polar surface area (TPSA) is 108 Å². The highest BCUT2D eigenvalue weighted by Crippen LogP contribution is 2.18. The van der Waals surface area contributed by atoms with Gasteiger partial charge in [-0.3, -0.25) is 9.59 Å². The number of carbonyl (C=O) groups excluding carboxylic acids is 2. The number of nitrogens with zero attached hydrogens (tertiary/aromatic N) is 1. The molecule has 0 fully saturated rings. The Morgan fingerprint density at radius 2 is 0.701 bits per heavy atom. The average molecular weight is 1090 g/mol. The zero-order valence-electron chi connectivity index (χ0n) is 51.6. The minimum Gasteiger partial charge on any atom is -0.477 e. The third-order valence-corrected chi connectivity index (χ3v) is 14.9. The van der Waals surface area contributed by atoms with Crippen LogP contribution >= 0.6 is 0 Å². The molecular weight excluding hydrogens is 959 g/mol. The summed E-state index contributed by atoms with van der Waals surface area (Å²) in [5.41, 5.74) is 0. The number of rotatable bonds is 62. The molecule has 0 aliphatic carbocycles. The molecule has 2 atom stereocenters. The maximum atomic E-state index is 12.9. The van der Waals surface area contributed by atoms with E-state index in [1.165, 1.54) is 244 Å². The molecule has 9 heteroatoms. The van der Waals surface area contributed by atoms with Gasteiger partial charge in [-0.05, 0) is 70.6 Å². The molecule has 0 aromatic heterocycles. The molecule has 0 amide bonds. The van der Waals surface area contributed by atoms with Crippen LogP contribution in [0, 0.1) is 0 Å². The lowest BCUT2D eigenvalue weighted by Gasteiger charge is -2.25. The standard InChI is InChI=1S/C68H127NO8/c1-6-8-10-12-14-16-18-20-22-24-26-28-29-30-31-32-33-34-35-36-37-39-40-42-44-46-48-50-52-54-56-58-65(70)75-62-64(63-76-68(67(72)73)74-61-60-69(3,4)5)77-66(71)59-57-55-53-51-49-47-45-43-41-38-27-25-23-21-19-17-15-13-11-9-7-2/h19,21,24-27,64,68H,6-18,20,22-23,28-63H2,1-5H3/p+1/b21-19-,26-24-,27-25-. The lowest BCUT2D eigenvalue weighted by molar-refractivity contribution is -0.870. The Bertz CT molecular complexity index is 1360. The van der Waals surface area contributed by atoms with Crippen LogP contribution in [0.3, 0.4) is 0 Å². The Hall–Kier alpha value is -2.49. The van der Waals surface area contributed by atoms with Crippen molar-refractivity contribution in [3.63, 3.8) is 0 Å². The van der Waals surface area contributed by atoms with Gasteiger partial charge in [-0.1, -0.05) is 275 Å². The fraction of sp³-hybridized carbons (Fsp3) is 0.868. The van der Waals surface area contributed by atoms with Gasteiger partial charge >= 0.3 is 17.9 Å². The molecule has 2 unspecified atom stereocenters. The van der Waals surface area contributed by atoms with E-state index in [-0.39, 0.29) is 32.2 Å². The SMILES string of the molecule is CCCCCCC/C=C\C/C=C\CCCCCCCCCCCC(=O)OC(COC(=O)CCCCCCCCCCCCCCCCCCCCC/C=C\CCCCCCCCCC)COC(OCC[N+](C)(C)C)C(=O)O. The quantitative estimate of drug-likeness (QED) is 0.0211. The molecule has 0 aromatic rings. The molecule has 1 N–H and O–H groups in total.